The minimum Gasteiger partial charge on any atom is -0.491 e. The Morgan fingerprint density at radius 3 is 2.69 bits per heavy atom. The number of hydrogen-bond donors (Lipinski definition) is 3. The summed E-state index contributed by atoms with van der Waals surface area (Å²) in [6.07, 6.45) is 2.78. The number of para-hydroxylation sites is 1. The molecule has 0 saturated carbocycles. The number of nitrogens with zero attached hydrogens (tertiary/aromatic N) is 1. The summed E-state index contributed by atoms with van der Waals surface area (Å²) in [7, 11) is 0. The first kappa shape index (κ1) is 23.6. The highest BCUT2D eigenvalue weighted by Crippen LogP contribution is 2.34. The molecule has 0 radical (unpaired) electrons. The second-order valence-electron chi connectivity index (χ2n) is 9.01. The normalized spacial score (nSPS) is 21.1. The lowest BCUT2D eigenvalue weighted by molar-refractivity contribution is 0.0858. The third-order valence-electron chi connectivity index (χ3n) is 6.45. The Hall–Kier alpha value is -3.16. The summed E-state index contributed by atoms with van der Waals surface area (Å²) in [5, 5.41) is 17.1. The van der Waals surface area contributed by atoms with Gasteiger partial charge in [0.25, 0.3) is 5.91 Å². The monoisotopic (exact) mass is 533 g/mol. The van der Waals surface area contributed by atoms with Crippen molar-refractivity contribution in [2.24, 2.45) is 4.99 Å². The van der Waals surface area contributed by atoms with Crippen LogP contribution in [0.1, 0.15) is 46.8 Å². The highest BCUT2D eigenvalue weighted by molar-refractivity contribution is 9.10. The SMILES string of the molecule is O=C(N[C@@H]1c2cc(NC3=NC(COc4ccccc4)CCC3)ccc2C[C@H]1O)c1ccc(Br)cc1. The lowest BCUT2D eigenvalue weighted by Crippen LogP contribution is -2.33. The predicted molar refractivity (Wildman–Crippen MR) is 141 cm³/mol. The van der Waals surface area contributed by atoms with Crippen molar-refractivity contribution in [2.75, 3.05) is 11.9 Å². The average molecular weight is 534 g/mol. The number of amides is 1. The minimum atomic E-state index is -0.661. The Bertz CT molecular complexity index is 1210. The van der Waals surface area contributed by atoms with Gasteiger partial charge in [-0.2, -0.15) is 0 Å². The molecule has 0 bridgehead atoms. The van der Waals surface area contributed by atoms with Crippen LogP contribution in [0.15, 0.2) is 82.3 Å². The second kappa shape index (κ2) is 10.6. The molecule has 0 aromatic heterocycles. The number of anilines is 1. The van der Waals surface area contributed by atoms with Gasteiger partial charge in [-0.25, -0.2) is 0 Å². The summed E-state index contributed by atoms with van der Waals surface area (Å²) >= 11 is 3.39. The third kappa shape index (κ3) is 5.74. The molecule has 3 aromatic rings. The van der Waals surface area contributed by atoms with E-state index in [2.05, 4.69) is 26.6 Å². The van der Waals surface area contributed by atoms with Crippen LogP contribution in [-0.2, 0) is 6.42 Å². The molecular formula is C28H28BrN3O3. The van der Waals surface area contributed by atoms with Gasteiger partial charge in [-0.3, -0.25) is 9.79 Å². The molecule has 0 saturated heterocycles. The van der Waals surface area contributed by atoms with Gasteiger partial charge < -0.3 is 20.5 Å². The van der Waals surface area contributed by atoms with Gasteiger partial charge in [0.15, 0.2) is 0 Å². The fraction of sp³-hybridized carbons (Fsp3) is 0.286. The van der Waals surface area contributed by atoms with Crippen LogP contribution < -0.4 is 15.4 Å². The van der Waals surface area contributed by atoms with Gasteiger partial charge in [0.05, 0.1) is 18.2 Å². The number of aliphatic hydroxyl groups is 1. The van der Waals surface area contributed by atoms with Crippen molar-refractivity contribution in [1.82, 2.24) is 5.32 Å². The number of benzene rings is 3. The molecule has 1 unspecified atom stereocenters. The first-order chi connectivity index (χ1) is 17.0. The largest absolute Gasteiger partial charge is 0.491 e. The maximum atomic E-state index is 12.8. The molecule has 1 aliphatic heterocycles. The highest BCUT2D eigenvalue weighted by atomic mass is 79.9. The van der Waals surface area contributed by atoms with Crippen molar-refractivity contribution in [3.8, 4) is 5.75 Å². The van der Waals surface area contributed by atoms with E-state index in [-0.39, 0.29) is 11.9 Å². The summed E-state index contributed by atoms with van der Waals surface area (Å²) in [6.45, 7) is 0.551. The van der Waals surface area contributed by atoms with Crippen LogP contribution in [0.25, 0.3) is 0 Å². The fourth-order valence-electron chi connectivity index (χ4n) is 4.64. The Balaban J connectivity index is 1.26. The molecule has 1 heterocycles. The van der Waals surface area contributed by atoms with Gasteiger partial charge in [0, 0.05) is 28.6 Å². The molecular weight excluding hydrogens is 506 g/mol. The maximum Gasteiger partial charge on any atom is 0.251 e. The first-order valence-electron chi connectivity index (χ1n) is 11.9. The molecule has 6 nitrogen and oxygen atoms in total. The van der Waals surface area contributed by atoms with Crippen LogP contribution in [0, 0.1) is 0 Å². The van der Waals surface area contributed by atoms with Gasteiger partial charge >= 0.3 is 0 Å². The van der Waals surface area contributed by atoms with E-state index in [9.17, 15) is 9.90 Å². The number of ether oxygens (including phenoxy) is 1. The molecule has 3 atom stereocenters. The van der Waals surface area contributed by atoms with Crippen molar-refractivity contribution < 1.29 is 14.6 Å². The zero-order valence-electron chi connectivity index (χ0n) is 19.3. The van der Waals surface area contributed by atoms with Gasteiger partial charge in [0.1, 0.15) is 18.2 Å². The summed E-state index contributed by atoms with van der Waals surface area (Å²) in [6, 6.07) is 22.7. The van der Waals surface area contributed by atoms with Gasteiger partial charge in [-0.15, -0.1) is 0 Å². The van der Waals surface area contributed by atoms with E-state index in [1.54, 1.807) is 12.1 Å². The second-order valence-corrected chi connectivity index (χ2v) is 9.93. The topological polar surface area (TPSA) is 83.0 Å². The van der Waals surface area contributed by atoms with Crippen LogP contribution in [0.4, 0.5) is 5.69 Å². The molecule has 7 heteroatoms. The number of carbonyl (C=O) groups is 1. The van der Waals surface area contributed by atoms with Crippen molar-refractivity contribution in [3.05, 3.63) is 94.0 Å². The van der Waals surface area contributed by atoms with E-state index < -0.39 is 12.1 Å². The van der Waals surface area contributed by atoms with E-state index in [4.69, 9.17) is 9.73 Å². The standard InChI is InChI=1S/C28H28BrN3O3/c29-20-12-9-18(10-13-20)28(34)32-27-24-16-21(14-11-19(24)15-25(27)33)30-26-8-4-5-22(31-26)17-35-23-6-2-1-3-7-23/h1-3,6-7,9-14,16,22,25,27,33H,4-5,8,15,17H2,(H,30,31)(H,32,34)/t22?,25-,27-/m1/s1. The maximum absolute atomic E-state index is 12.8. The van der Waals surface area contributed by atoms with Crippen molar-refractivity contribution >= 4 is 33.4 Å². The molecule has 1 amide bonds. The molecule has 180 valence electrons. The number of rotatable bonds is 6. The van der Waals surface area contributed by atoms with E-state index in [0.717, 1.165) is 52.1 Å². The Labute approximate surface area is 213 Å². The Morgan fingerprint density at radius 2 is 1.89 bits per heavy atom. The first-order valence-corrected chi connectivity index (χ1v) is 12.7. The number of aliphatic hydroxyl groups excluding tert-OH is 1. The summed E-state index contributed by atoms with van der Waals surface area (Å²) < 4.78 is 6.82. The fourth-order valence-corrected chi connectivity index (χ4v) is 4.91. The molecule has 35 heavy (non-hydrogen) atoms. The van der Waals surface area contributed by atoms with Crippen LogP contribution >= 0.6 is 15.9 Å². The van der Waals surface area contributed by atoms with Crippen LogP contribution in [0.5, 0.6) is 5.75 Å². The smallest absolute Gasteiger partial charge is 0.251 e. The zero-order valence-corrected chi connectivity index (χ0v) is 20.9. The van der Waals surface area contributed by atoms with Gasteiger partial charge in [0.2, 0.25) is 0 Å². The number of amidine groups is 1. The molecule has 0 fully saturated rings. The van der Waals surface area contributed by atoms with Crippen LogP contribution in [0.3, 0.4) is 0 Å². The van der Waals surface area contributed by atoms with E-state index in [1.807, 2.05) is 60.7 Å². The number of fused-ring (bicyclic) bond motifs is 1. The average Bonchev–Trinajstić information content (AvgIpc) is 3.18. The third-order valence-corrected chi connectivity index (χ3v) is 6.98. The number of carbonyl (C=O) groups excluding carboxylic acids is 1. The number of hydrogen-bond acceptors (Lipinski definition) is 5. The van der Waals surface area contributed by atoms with E-state index in [0.29, 0.717) is 18.6 Å². The van der Waals surface area contributed by atoms with Crippen LogP contribution in [-0.4, -0.2) is 35.6 Å². The van der Waals surface area contributed by atoms with Gasteiger partial charge in [-0.05, 0) is 72.5 Å². The highest BCUT2D eigenvalue weighted by Gasteiger charge is 2.33. The summed E-state index contributed by atoms with van der Waals surface area (Å²) in [5.41, 5.74) is 3.45. The minimum absolute atomic E-state index is 0.112. The molecule has 3 aromatic carbocycles. The lowest BCUT2D eigenvalue weighted by Gasteiger charge is -2.22. The predicted octanol–water partition coefficient (Wildman–Crippen LogP) is 5.28. The summed E-state index contributed by atoms with van der Waals surface area (Å²) in [4.78, 5) is 17.7. The summed E-state index contributed by atoms with van der Waals surface area (Å²) in [5.74, 6) is 1.59. The molecule has 5 rings (SSSR count). The molecule has 1 aliphatic carbocycles. The number of halogens is 1. The molecule has 0 spiro atoms. The van der Waals surface area contributed by atoms with E-state index in [1.165, 1.54) is 0 Å². The van der Waals surface area contributed by atoms with E-state index >= 15 is 0 Å². The number of nitrogens with one attached hydrogen (secondary N) is 2. The quantitative estimate of drug-likeness (QED) is 0.402. The zero-order chi connectivity index (χ0) is 24.2. The van der Waals surface area contributed by atoms with Crippen molar-refractivity contribution in [1.29, 1.82) is 0 Å². The van der Waals surface area contributed by atoms with Gasteiger partial charge in [-0.1, -0.05) is 40.2 Å². The van der Waals surface area contributed by atoms with Crippen LogP contribution in [0.2, 0.25) is 0 Å². The van der Waals surface area contributed by atoms with Crippen molar-refractivity contribution in [2.45, 2.75) is 43.9 Å². The molecule has 3 N–H and O–H groups in total. The Morgan fingerprint density at radius 1 is 1.09 bits per heavy atom. The Kier molecular flexibility index (Phi) is 7.16. The lowest BCUT2D eigenvalue weighted by atomic mass is 10.0. The van der Waals surface area contributed by atoms with Crippen molar-refractivity contribution in [3.63, 3.8) is 0 Å². The molecule has 2 aliphatic rings. The number of aliphatic imine (C=N–C) groups is 1.